The number of rotatable bonds is 17. The predicted molar refractivity (Wildman–Crippen MR) is 150 cm³/mol. The van der Waals surface area contributed by atoms with E-state index >= 15 is 0 Å². The van der Waals surface area contributed by atoms with Crippen molar-refractivity contribution in [2.75, 3.05) is 13.7 Å². The van der Waals surface area contributed by atoms with Crippen LogP contribution >= 0.6 is 0 Å². The highest BCUT2D eigenvalue weighted by atomic mass is 16.7. The van der Waals surface area contributed by atoms with Gasteiger partial charge in [0.15, 0.2) is 11.5 Å². The number of hydrogen-bond donors (Lipinski definition) is 1. The first-order chi connectivity index (χ1) is 18.8. The molecule has 10 nitrogen and oxygen atoms in total. The number of esters is 3. The Morgan fingerprint density at radius 1 is 0.800 bits per heavy atom. The summed E-state index contributed by atoms with van der Waals surface area (Å²) in [5.41, 5.74) is 0.640. The second kappa shape index (κ2) is 18.3. The largest absolute Gasteiger partial charge is 0.508 e. The van der Waals surface area contributed by atoms with Crippen LogP contribution in [0.5, 0.6) is 11.5 Å². The molecule has 1 N–H and O–H groups in total. The maximum Gasteiger partial charge on any atom is 0.508 e. The smallest absolute Gasteiger partial charge is 0.468 e. The molecule has 0 aliphatic carbocycles. The Kier molecular flexibility index (Phi) is 15.9. The van der Waals surface area contributed by atoms with Crippen LogP contribution in [0.25, 0.3) is 0 Å². The van der Waals surface area contributed by atoms with Gasteiger partial charge in [-0.25, -0.2) is 4.79 Å². The molecule has 0 heterocycles. The number of methoxy groups -OCH3 is 1. The molecular weight excluding hydrogens is 518 g/mol. The summed E-state index contributed by atoms with van der Waals surface area (Å²) in [6.07, 6.45) is 1.00. The van der Waals surface area contributed by atoms with E-state index in [2.05, 4.69) is 5.32 Å². The van der Waals surface area contributed by atoms with E-state index in [1.54, 1.807) is 32.0 Å². The molecule has 2 unspecified atom stereocenters. The van der Waals surface area contributed by atoms with Gasteiger partial charge in [-0.1, -0.05) is 40.7 Å². The van der Waals surface area contributed by atoms with Gasteiger partial charge in [-0.2, -0.15) is 0 Å². The maximum atomic E-state index is 12.5. The van der Waals surface area contributed by atoms with Crippen molar-refractivity contribution in [1.82, 2.24) is 5.32 Å². The van der Waals surface area contributed by atoms with Crippen LogP contribution in [0.2, 0.25) is 0 Å². The zero-order valence-electron chi connectivity index (χ0n) is 25.2. The minimum absolute atomic E-state index is 0.109. The van der Waals surface area contributed by atoms with Crippen molar-refractivity contribution in [3.63, 3.8) is 0 Å². The number of carbonyl (C=O) groups is 4. The fourth-order valence-corrected chi connectivity index (χ4v) is 3.41. The minimum Gasteiger partial charge on any atom is -0.468 e. The maximum absolute atomic E-state index is 12.5. The summed E-state index contributed by atoms with van der Waals surface area (Å²) in [4.78, 5) is 49.3. The van der Waals surface area contributed by atoms with Crippen LogP contribution in [-0.2, 0) is 35.0 Å². The number of ether oxygens (including phenoxy) is 5. The molecule has 0 bridgehead atoms. The molecule has 226 valence electrons. The molecule has 0 saturated carbocycles. The van der Waals surface area contributed by atoms with E-state index in [1.807, 2.05) is 34.6 Å². The van der Waals surface area contributed by atoms with Crippen LogP contribution < -0.4 is 14.8 Å². The Morgan fingerprint density at radius 3 is 1.88 bits per heavy atom. The van der Waals surface area contributed by atoms with E-state index < -0.39 is 36.2 Å². The Bertz CT molecular complexity index is 960. The Hall–Kier alpha value is -3.14. The number of carbonyl (C=O) groups excluding carboxylic acids is 4. The topological polar surface area (TPSA) is 126 Å². The summed E-state index contributed by atoms with van der Waals surface area (Å²) in [6.45, 7) is 13.6. The number of nitrogens with one attached hydrogen (secondary N) is 1. The Balaban J connectivity index is 3.02. The highest BCUT2D eigenvalue weighted by molar-refractivity contribution is 5.77. The third-order valence-electron chi connectivity index (χ3n) is 6.05. The van der Waals surface area contributed by atoms with Gasteiger partial charge in [-0.15, -0.1) is 0 Å². The molecule has 0 spiro atoms. The highest BCUT2D eigenvalue weighted by Crippen LogP contribution is 2.30. The van der Waals surface area contributed by atoms with Crippen LogP contribution in [0.4, 0.5) is 4.79 Å². The summed E-state index contributed by atoms with van der Waals surface area (Å²) in [6, 6.07) is 4.04. The van der Waals surface area contributed by atoms with Gasteiger partial charge in [0, 0.05) is 19.4 Å². The molecule has 1 aromatic rings. The third-order valence-corrected chi connectivity index (χ3v) is 6.05. The van der Waals surface area contributed by atoms with Gasteiger partial charge in [-0.05, 0) is 69.1 Å². The second-order valence-corrected chi connectivity index (χ2v) is 10.8. The van der Waals surface area contributed by atoms with Gasteiger partial charge in [-0.3, -0.25) is 14.4 Å². The number of benzene rings is 1. The molecule has 0 aromatic heterocycles. The molecule has 1 rings (SSSR count). The molecule has 0 aliphatic rings. The fraction of sp³-hybridized carbons (Fsp3) is 0.667. The van der Waals surface area contributed by atoms with Crippen molar-refractivity contribution < 1.29 is 42.9 Å². The SMILES string of the molecule is CCC(C)OC(=O)OC(C)CN[C@@H](Cc1ccc(OC(=O)CCC(C)C)c(OC(=O)CCC(C)C)c1)C(=O)OC. The minimum atomic E-state index is -0.787. The van der Waals surface area contributed by atoms with E-state index in [0.29, 0.717) is 36.7 Å². The summed E-state index contributed by atoms with van der Waals surface area (Å²) >= 11 is 0. The van der Waals surface area contributed by atoms with Gasteiger partial charge < -0.3 is 29.0 Å². The molecule has 3 atom stereocenters. The molecule has 10 heteroatoms. The lowest BCUT2D eigenvalue weighted by Crippen LogP contribution is -2.43. The van der Waals surface area contributed by atoms with Crippen LogP contribution in [0.1, 0.15) is 86.1 Å². The van der Waals surface area contributed by atoms with E-state index in [4.69, 9.17) is 23.7 Å². The predicted octanol–water partition coefficient (Wildman–Crippen LogP) is 5.38. The molecule has 0 radical (unpaired) electrons. The number of hydrogen-bond acceptors (Lipinski definition) is 10. The van der Waals surface area contributed by atoms with Gasteiger partial charge in [0.25, 0.3) is 0 Å². The van der Waals surface area contributed by atoms with Gasteiger partial charge in [0.05, 0.1) is 7.11 Å². The highest BCUT2D eigenvalue weighted by Gasteiger charge is 2.23. The van der Waals surface area contributed by atoms with Crippen molar-refractivity contribution in [3.05, 3.63) is 23.8 Å². The van der Waals surface area contributed by atoms with E-state index in [0.717, 1.165) is 0 Å². The standard InChI is InChI=1S/C30H47NO9/c1-9-21(6)37-30(35)38-22(7)18-31-24(29(34)36-8)16-23-12-13-25(39-27(32)14-10-19(2)3)26(17-23)40-28(33)15-11-20(4)5/h12-13,17,19-22,24,31H,9-11,14-16,18H2,1-8H3/t21?,22?,24-/m0/s1. The fourth-order valence-electron chi connectivity index (χ4n) is 3.41. The molecule has 0 fully saturated rings. The Labute approximate surface area is 238 Å². The average molecular weight is 566 g/mol. The van der Waals surface area contributed by atoms with Crippen molar-refractivity contribution in [3.8, 4) is 11.5 Å². The molecule has 1 aromatic carbocycles. The average Bonchev–Trinajstić information content (AvgIpc) is 2.89. The first-order valence-corrected chi connectivity index (χ1v) is 14.1. The lowest BCUT2D eigenvalue weighted by atomic mass is 10.0. The van der Waals surface area contributed by atoms with Crippen molar-refractivity contribution in [1.29, 1.82) is 0 Å². The second-order valence-electron chi connectivity index (χ2n) is 10.8. The third kappa shape index (κ3) is 14.3. The zero-order chi connectivity index (χ0) is 30.2. The van der Waals surface area contributed by atoms with Crippen LogP contribution in [0.3, 0.4) is 0 Å². The van der Waals surface area contributed by atoms with E-state index in [9.17, 15) is 19.2 Å². The van der Waals surface area contributed by atoms with E-state index in [-0.39, 0.29) is 43.4 Å². The van der Waals surface area contributed by atoms with Gasteiger partial charge >= 0.3 is 24.1 Å². The molecular formula is C30H47NO9. The van der Waals surface area contributed by atoms with Crippen molar-refractivity contribution >= 4 is 24.1 Å². The summed E-state index contributed by atoms with van der Waals surface area (Å²) in [5.74, 6) is -0.475. The lowest BCUT2D eigenvalue weighted by molar-refractivity contribution is -0.143. The van der Waals surface area contributed by atoms with Gasteiger partial charge in [0.1, 0.15) is 18.2 Å². The summed E-state index contributed by atoms with van der Waals surface area (Å²) < 4.78 is 26.4. The van der Waals surface area contributed by atoms with Crippen LogP contribution in [0, 0.1) is 11.8 Å². The van der Waals surface area contributed by atoms with Crippen LogP contribution in [-0.4, -0.2) is 56.0 Å². The first kappa shape index (κ1) is 34.9. The lowest BCUT2D eigenvalue weighted by Gasteiger charge is -2.21. The van der Waals surface area contributed by atoms with Crippen molar-refractivity contribution in [2.45, 2.75) is 105 Å². The monoisotopic (exact) mass is 565 g/mol. The quantitative estimate of drug-likeness (QED) is 0.194. The zero-order valence-corrected chi connectivity index (χ0v) is 25.2. The normalized spacial score (nSPS) is 13.3. The Morgan fingerprint density at radius 2 is 1.35 bits per heavy atom. The van der Waals surface area contributed by atoms with E-state index in [1.165, 1.54) is 7.11 Å². The molecule has 40 heavy (non-hydrogen) atoms. The first-order valence-electron chi connectivity index (χ1n) is 14.1. The summed E-state index contributed by atoms with van der Waals surface area (Å²) in [5, 5.41) is 3.06. The molecule has 0 amide bonds. The van der Waals surface area contributed by atoms with Gasteiger partial charge in [0.2, 0.25) is 0 Å². The summed E-state index contributed by atoms with van der Waals surface area (Å²) in [7, 11) is 1.28. The van der Waals surface area contributed by atoms with Crippen LogP contribution in [0.15, 0.2) is 18.2 Å². The van der Waals surface area contributed by atoms with Crippen molar-refractivity contribution in [2.24, 2.45) is 11.8 Å². The molecule has 0 aliphatic heterocycles. The molecule has 0 saturated heterocycles.